The van der Waals surface area contributed by atoms with Gasteiger partial charge in [-0.15, -0.1) is 0 Å². The number of halogens is 1. The molecule has 0 amide bonds. The molecule has 1 aromatic rings. The summed E-state index contributed by atoms with van der Waals surface area (Å²) in [6, 6.07) is 8.09. The smallest absolute Gasteiger partial charge is 0.187 e. The summed E-state index contributed by atoms with van der Waals surface area (Å²) < 4.78 is 6.04. The highest BCUT2D eigenvalue weighted by atomic mass is 79.9. The summed E-state index contributed by atoms with van der Waals surface area (Å²) in [5, 5.41) is 7.81. The fraction of sp³-hybridized carbons (Fsp3) is 0.385. The van der Waals surface area contributed by atoms with Crippen molar-refractivity contribution in [3.63, 3.8) is 0 Å². The predicted molar refractivity (Wildman–Crippen MR) is 86.6 cm³/mol. The lowest BCUT2D eigenvalue weighted by Gasteiger charge is -2.14. The summed E-state index contributed by atoms with van der Waals surface area (Å²) in [6.07, 6.45) is 0. The molecule has 0 heterocycles. The highest BCUT2D eigenvalue weighted by Crippen LogP contribution is 2.12. The second-order valence-electron chi connectivity index (χ2n) is 4.15. The molecule has 0 aliphatic carbocycles. The number of hydrazone groups is 1. The number of thiocarbonyl (C=S) groups is 1. The number of nitrogens with one attached hydrogen (secondary N) is 2. The number of rotatable bonds is 5. The Kier molecular flexibility index (Phi) is 6.97. The summed E-state index contributed by atoms with van der Waals surface area (Å²) >= 11 is 8.58. The van der Waals surface area contributed by atoms with Crippen LogP contribution in [0.2, 0.25) is 0 Å². The zero-order valence-corrected chi connectivity index (χ0v) is 13.6. The average molecular weight is 344 g/mol. The molecule has 0 saturated carbocycles. The van der Waals surface area contributed by atoms with Gasteiger partial charge in [0.2, 0.25) is 0 Å². The molecule has 0 saturated heterocycles. The molecule has 6 heteroatoms. The Morgan fingerprint density at radius 2 is 2.26 bits per heavy atom. The lowest BCUT2D eigenvalue weighted by molar-refractivity contribution is 0.179. The minimum absolute atomic E-state index is 0.145. The highest BCUT2D eigenvalue weighted by molar-refractivity contribution is 9.10. The molecule has 0 aliphatic rings. The van der Waals surface area contributed by atoms with Crippen molar-refractivity contribution in [1.82, 2.24) is 10.7 Å². The maximum Gasteiger partial charge on any atom is 0.187 e. The van der Waals surface area contributed by atoms with Gasteiger partial charge in [0.15, 0.2) is 5.11 Å². The molecule has 104 valence electrons. The average Bonchev–Trinajstić information content (AvgIpc) is 2.36. The van der Waals surface area contributed by atoms with Crippen LogP contribution in [-0.2, 0) is 4.74 Å². The van der Waals surface area contributed by atoms with Crippen molar-refractivity contribution in [2.45, 2.75) is 19.9 Å². The highest BCUT2D eigenvalue weighted by Gasteiger charge is 2.03. The van der Waals surface area contributed by atoms with Crippen molar-refractivity contribution >= 4 is 39.0 Å². The topological polar surface area (TPSA) is 45.6 Å². The monoisotopic (exact) mass is 343 g/mol. The Balaban J connectivity index is 2.54. The molecule has 4 nitrogen and oxygen atoms in total. The van der Waals surface area contributed by atoms with E-state index in [1.807, 2.05) is 38.1 Å². The van der Waals surface area contributed by atoms with E-state index in [2.05, 4.69) is 31.8 Å². The van der Waals surface area contributed by atoms with Gasteiger partial charge in [-0.1, -0.05) is 28.1 Å². The largest absolute Gasteiger partial charge is 0.383 e. The SMILES string of the molecule is COC[C@H](C)NC(=S)N/N=C(/C)c1cccc(Br)c1. The van der Waals surface area contributed by atoms with E-state index in [-0.39, 0.29) is 6.04 Å². The fourth-order valence-corrected chi connectivity index (χ4v) is 2.11. The van der Waals surface area contributed by atoms with E-state index in [9.17, 15) is 0 Å². The molecule has 1 atom stereocenters. The summed E-state index contributed by atoms with van der Waals surface area (Å²) in [5.41, 5.74) is 4.73. The van der Waals surface area contributed by atoms with Gasteiger partial charge >= 0.3 is 0 Å². The van der Waals surface area contributed by atoms with Crippen LogP contribution >= 0.6 is 28.1 Å². The minimum atomic E-state index is 0.145. The van der Waals surface area contributed by atoms with E-state index < -0.39 is 0 Å². The Hall–Kier alpha value is -0.980. The van der Waals surface area contributed by atoms with Gasteiger partial charge < -0.3 is 10.1 Å². The summed E-state index contributed by atoms with van der Waals surface area (Å²) in [6.45, 7) is 4.51. The van der Waals surface area contributed by atoms with Crippen LogP contribution < -0.4 is 10.7 Å². The first-order chi connectivity index (χ1) is 9.02. The van der Waals surface area contributed by atoms with Gasteiger partial charge in [0.1, 0.15) is 0 Å². The summed E-state index contributed by atoms with van der Waals surface area (Å²) in [5.74, 6) is 0. The molecule has 0 radical (unpaired) electrons. The Bertz CT molecular complexity index is 465. The van der Waals surface area contributed by atoms with Crippen LogP contribution in [0.1, 0.15) is 19.4 Å². The quantitative estimate of drug-likeness (QED) is 0.490. The van der Waals surface area contributed by atoms with Crippen LogP contribution in [0.4, 0.5) is 0 Å². The second kappa shape index (κ2) is 8.24. The van der Waals surface area contributed by atoms with Crippen molar-refractivity contribution in [2.75, 3.05) is 13.7 Å². The van der Waals surface area contributed by atoms with Crippen molar-refractivity contribution in [2.24, 2.45) is 5.10 Å². The first kappa shape index (κ1) is 16.1. The Labute approximate surface area is 127 Å². The number of hydrogen-bond acceptors (Lipinski definition) is 3. The standard InChI is InChI=1S/C13H18BrN3OS/c1-9(8-18-3)15-13(19)17-16-10(2)11-5-4-6-12(14)7-11/h4-7,9H,8H2,1-3H3,(H2,15,17,19)/b16-10-/t9-/m0/s1. The summed E-state index contributed by atoms with van der Waals surface area (Å²) in [4.78, 5) is 0. The molecule has 2 N–H and O–H groups in total. The van der Waals surface area contributed by atoms with Gasteiger partial charge in [0.25, 0.3) is 0 Å². The third kappa shape index (κ3) is 6.13. The van der Waals surface area contributed by atoms with Crippen LogP contribution in [0.25, 0.3) is 0 Å². The van der Waals surface area contributed by atoms with Crippen LogP contribution in [0, 0.1) is 0 Å². The van der Waals surface area contributed by atoms with Gasteiger partial charge in [0, 0.05) is 17.6 Å². The maximum atomic E-state index is 5.14. The number of nitrogens with zero attached hydrogens (tertiary/aromatic N) is 1. The van der Waals surface area contributed by atoms with Crippen LogP contribution in [0.5, 0.6) is 0 Å². The normalized spacial score (nSPS) is 12.9. The minimum Gasteiger partial charge on any atom is -0.383 e. The Morgan fingerprint density at radius 3 is 2.89 bits per heavy atom. The van der Waals surface area contributed by atoms with E-state index in [0.717, 1.165) is 15.7 Å². The van der Waals surface area contributed by atoms with Gasteiger partial charge in [-0.2, -0.15) is 5.10 Å². The first-order valence-electron chi connectivity index (χ1n) is 5.88. The van der Waals surface area contributed by atoms with Gasteiger partial charge in [0.05, 0.1) is 12.3 Å². The van der Waals surface area contributed by atoms with E-state index >= 15 is 0 Å². The molecule has 19 heavy (non-hydrogen) atoms. The molecule has 0 aromatic heterocycles. The zero-order valence-electron chi connectivity index (χ0n) is 11.2. The van der Waals surface area contributed by atoms with Crippen molar-refractivity contribution in [3.05, 3.63) is 34.3 Å². The van der Waals surface area contributed by atoms with E-state index in [1.165, 1.54) is 0 Å². The molecule has 0 fully saturated rings. The van der Waals surface area contributed by atoms with E-state index in [1.54, 1.807) is 7.11 Å². The number of ether oxygens (including phenoxy) is 1. The summed E-state index contributed by atoms with van der Waals surface area (Å²) in [7, 11) is 1.66. The molecule has 1 rings (SSSR count). The molecule has 0 spiro atoms. The van der Waals surface area contributed by atoms with Gasteiger partial charge in [-0.05, 0) is 43.8 Å². The van der Waals surface area contributed by atoms with Crippen molar-refractivity contribution in [3.8, 4) is 0 Å². The van der Waals surface area contributed by atoms with Crippen LogP contribution in [0.15, 0.2) is 33.8 Å². The molecule has 1 aromatic carbocycles. The lowest BCUT2D eigenvalue weighted by atomic mass is 10.1. The number of methoxy groups -OCH3 is 1. The Morgan fingerprint density at radius 1 is 1.53 bits per heavy atom. The predicted octanol–water partition coefficient (Wildman–Crippen LogP) is 2.67. The van der Waals surface area contributed by atoms with Gasteiger partial charge in [-0.25, -0.2) is 0 Å². The van der Waals surface area contributed by atoms with Crippen LogP contribution in [0.3, 0.4) is 0 Å². The van der Waals surface area contributed by atoms with Crippen molar-refractivity contribution < 1.29 is 4.74 Å². The number of benzene rings is 1. The molecule has 0 unspecified atom stereocenters. The fourth-order valence-electron chi connectivity index (χ4n) is 1.46. The van der Waals surface area contributed by atoms with E-state index in [0.29, 0.717) is 11.7 Å². The number of hydrogen-bond donors (Lipinski definition) is 2. The van der Waals surface area contributed by atoms with Gasteiger partial charge in [-0.3, -0.25) is 5.43 Å². The lowest BCUT2D eigenvalue weighted by Crippen LogP contribution is -2.40. The molecular formula is C13H18BrN3OS. The third-order valence-corrected chi connectivity index (χ3v) is 3.06. The molecular weight excluding hydrogens is 326 g/mol. The van der Waals surface area contributed by atoms with Crippen molar-refractivity contribution in [1.29, 1.82) is 0 Å². The zero-order chi connectivity index (χ0) is 14.3. The maximum absolute atomic E-state index is 5.14. The second-order valence-corrected chi connectivity index (χ2v) is 5.47. The molecule has 0 bridgehead atoms. The van der Waals surface area contributed by atoms with Crippen LogP contribution in [-0.4, -0.2) is 30.6 Å². The molecule has 0 aliphatic heterocycles. The first-order valence-corrected chi connectivity index (χ1v) is 7.08. The van der Waals surface area contributed by atoms with E-state index in [4.69, 9.17) is 17.0 Å². The third-order valence-electron chi connectivity index (χ3n) is 2.36.